The van der Waals surface area contributed by atoms with Crippen molar-refractivity contribution in [3.8, 4) is 22.8 Å². The Hall–Kier alpha value is -4.53. The Morgan fingerprint density at radius 3 is 2.52 bits per heavy atom. The minimum absolute atomic E-state index is 0.0963. The quantitative estimate of drug-likeness (QED) is 0.293. The van der Waals surface area contributed by atoms with Gasteiger partial charge in [0, 0.05) is 36.3 Å². The highest BCUT2D eigenvalue weighted by atomic mass is 16.6. The van der Waals surface area contributed by atoms with Crippen LogP contribution in [0.2, 0.25) is 0 Å². The Morgan fingerprint density at radius 1 is 1.05 bits per heavy atom. The molecule has 1 atom stereocenters. The molecular formula is C31H34N4O5. The molecule has 2 aromatic carbocycles. The Kier molecular flexibility index (Phi) is 7.38. The van der Waals surface area contributed by atoms with Crippen LogP contribution in [-0.2, 0) is 4.74 Å². The number of fused-ring (bicyclic) bond motifs is 1. The number of aromatic nitrogens is 2. The van der Waals surface area contributed by atoms with Crippen LogP contribution < -0.4 is 15.6 Å². The molecule has 0 bridgehead atoms. The third-order valence-electron chi connectivity index (χ3n) is 6.85. The van der Waals surface area contributed by atoms with Gasteiger partial charge in [0.15, 0.2) is 0 Å². The Bertz CT molecular complexity index is 1600. The van der Waals surface area contributed by atoms with E-state index in [4.69, 9.17) is 9.47 Å². The summed E-state index contributed by atoms with van der Waals surface area (Å²) in [5.74, 6) is 1.03. The maximum Gasteiger partial charge on any atom is 0.410 e. The summed E-state index contributed by atoms with van der Waals surface area (Å²) in [4.78, 5) is 46.3. The van der Waals surface area contributed by atoms with Gasteiger partial charge in [-0.15, -0.1) is 0 Å². The van der Waals surface area contributed by atoms with Gasteiger partial charge in [0.25, 0.3) is 11.5 Å². The summed E-state index contributed by atoms with van der Waals surface area (Å²) in [6.07, 6.45) is 0.414. The first-order valence-corrected chi connectivity index (χ1v) is 13.4. The molecule has 1 aliphatic rings. The van der Waals surface area contributed by atoms with Crippen molar-refractivity contribution in [2.75, 3.05) is 19.6 Å². The lowest BCUT2D eigenvalue weighted by Crippen LogP contribution is -2.37. The summed E-state index contributed by atoms with van der Waals surface area (Å²) >= 11 is 0. The summed E-state index contributed by atoms with van der Waals surface area (Å²) < 4.78 is 11.6. The number of carbonyl (C=O) groups is 2. The van der Waals surface area contributed by atoms with Crippen LogP contribution in [-0.4, -0.2) is 52.1 Å². The molecule has 0 aliphatic carbocycles. The Labute approximate surface area is 232 Å². The number of rotatable bonds is 6. The Morgan fingerprint density at radius 2 is 1.77 bits per heavy atom. The number of nitrogens with zero attached hydrogens (tertiary/aromatic N) is 1. The third kappa shape index (κ3) is 5.88. The number of pyridine rings is 1. The number of hydrogen-bond donors (Lipinski definition) is 3. The van der Waals surface area contributed by atoms with Gasteiger partial charge >= 0.3 is 6.09 Å². The fraction of sp³-hybridized carbons (Fsp3) is 0.323. The van der Waals surface area contributed by atoms with E-state index in [0.717, 1.165) is 12.0 Å². The van der Waals surface area contributed by atoms with E-state index < -0.39 is 5.60 Å². The van der Waals surface area contributed by atoms with Crippen LogP contribution >= 0.6 is 0 Å². The summed E-state index contributed by atoms with van der Waals surface area (Å²) in [5.41, 5.74) is 1.43. The minimum Gasteiger partial charge on any atom is -0.457 e. The number of hydrogen-bond acceptors (Lipinski definition) is 5. The van der Waals surface area contributed by atoms with Crippen molar-refractivity contribution in [2.24, 2.45) is 5.92 Å². The van der Waals surface area contributed by atoms with E-state index in [9.17, 15) is 14.4 Å². The molecule has 5 rings (SSSR count). The number of aromatic amines is 2. The van der Waals surface area contributed by atoms with Crippen LogP contribution in [0.4, 0.5) is 4.79 Å². The summed E-state index contributed by atoms with van der Waals surface area (Å²) in [6.45, 7) is 8.80. The van der Waals surface area contributed by atoms with Gasteiger partial charge in [-0.25, -0.2) is 4.79 Å². The van der Waals surface area contributed by atoms with E-state index in [1.165, 1.54) is 0 Å². The zero-order valence-electron chi connectivity index (χ0n) is 23.2. The van der Waals surface area contributed by atoms with Crippen LogP contribution in [0.1, 0.15) is 43.4 Å². The number of ether oxygens (including phenoxy) is 2. The first-order chi connectivity index (χ1) is 19.1. The van der Waals surface area contributed by atoms with E-state index in [1.54, 1.807) is 11.0 Å². The predicted molar refractivity (Wildman–Crippen MR) is 154 cm³/mol. The number of aryl methyl sites for hydroxylation is 1. The van der Waals surface area contributed by atoms with Gasteiger partial charge in [-0.05, 0) is 70.4 Å². The number of carbonyl (C=O) groups excluding carboxylic acids is 2. The van der Waals surface area contributed by atoms with Crippen molar-refractivity contribution in [3.63, 3.8) is 0 Å². The van der Waals surface area contributed by atoms with Crippen molar-refractivity contribution in [3.05, 3.63) is 82.4 Å². The monoisotopic (exact) mass is 542 g/mol. The lowest BCUT2D eigenvalue weighted by Gasteiger charge is -2.24. The zero-order valence-corrected chi connectivity index (χ0v) is 23.2. The van der Waals surface area contributed by atoms with Gasteiger partial charge in [-0.1, -0.05) is 30.3 Å². The van der Waals surface area contributed by atoms with Crippen LogP contribution in [0.25, 0.3) is 22.0 Å². The number of H-pyrrole nitrogens is 2. The number of likely N-dealkylation sites (tertiary alicyclic amines) is 1. The minimum atomic E-state index is -0.558. The van der Waals surface area contributed by atoms with E-state index in [2.05, 4.69) is 15.3 Å². The van der Waals surface area contributed by atoms with Gasteiger partial charge in [-0.3, -0.25) is 9.59 Å². The molecule has 3 heterocycles. The third-order valence-corrected chi connectivity index (χ3v) is 6.85. The van der Waals surface area contributed by atoms with Crippen molar-refractivity contribution in [1.82, 2.24) is 20.2 Å². The van der Waals surface area contributed by atoms with Crippen LogP contribution in [0.15, 0.2) is 65.5 Å². The second-order valence-electron chi connectivity index (χ2n) is 11.1. The molecule has 40 heavy (non-hydrogen) atoms. The largest absolute Gasteiger partial charge is 0.457 e. The van der Waals surface area contributed by atoms with E-state index in [-0.39, 0.29) is 29.2 Å². The molecule has 9 nitrogen and oxygen atoms in total. The van der Waals surface area contributed by atoms with Crippen LogP contribution in [0.5, 0.6) is 11.5 Å². The number of amides is 2. The molecule has 1 aliphatic heterocycles. The molecule has 4 aromatic rings. The second kappa shape index (κ2) is 10.9. The molecule has 9 heteroatoms. The highest BCUT2D eigenvalue weighted by Crippen LogP contribution is 2.37. The normalized spacial score (nSPS) is 15.3. The number of nitrogens with one attached hydrogen (secondary N) is 3. The fourth-order valence-corrected chi connectivity index (χ4v) is 4.98. The maximum absolute atomic E-state index is 13.1. The molecule has 1 saturated heterocycles. The fourth-order valence-electron chi connectivity index (χ4n) is 4.98. The molecule has 2 amide bonds. The molecule has 2 aromatic heterocycles. The molecule has 0 radical (unpaired) electrons. The van der Waals surface area contributed by atoms with Gasteiger partial charge < -0.3 is 29.7 Å². The lowest BCUT2D eigenvalue weighted by atomic mass is 10.1. The molecule has 3 N–H and O–H groups in total. The lowest BCUT2D eigenvalue weighted by molar-refractivity contribution is 0.0288. The second-order valence-corrected chi connectivity index (χ2v) is 11.1. The molecule has 0 spiro atoms. The molecule has 0 saturated carbocycles. The smallest absolute Gasteiger partial charge is 0.410 e. The number of benzene rings is 2. The van der Waals surface area contributed by atoms with Crippen LogP contribution in [0.3, 0.4) is 0 Å². The average molecular weight is 543 g/mol. The highest BCUT2D eigenvalue weighted by Gasteiger charge is 2.30. The molecule has 208 valence electrons. The van der Waals surface area contributed by atoms with Crippen molar-refractivity contribution in [1.29, 1.82) is 0 Å². The molecule has 0 unspecified atom stereocenters. The SMILES string of the molecule is Cc1[nH]c(-c2ccccc2Oc2ccccc2)c2cc(C(=O)NC[C@H]3CCN(C(=O)OC(C)(C)C)C3)[nH]c(=O)c12. The molecular weight excluding hydrogens is 508 g/mol. The first kappa shape index (κ1) is 27.1. The van der Waals surface area contributed by atoms with Crippen LogP contribution in [0, 0.1) is 12.8 Å². The van der Waals surface area contributed by atoms with Crippen molar-refractivity contribution >= 4 is 22.8 Å². The zero-order chi connectivity index (χ0) is 28.4. The highest BCUT2D eigenvalue weighted by molar-refractivity contribution is 6.03. The van der Waals surface area contributed by atoms with Gasteiger partial charge in [0.2, 0.25) is 0 Å². The topological polar surface area (TPSA) is 117 Å². The molecule has 1 fully saturated rings. The Balaban J connectivity index is 1.36. The predicted octanol–water partition coefficient (Wildman–Crippen LogP) is 5.61. The van der Waals surface area contributed by atoms with Crippen molar-refractivity contribution < 1.29 is 19.1 Å². The van der Waals surface area contributed by atoms with Gasteiger partial charge in [0.05, 0.1) is 11.1 Å². The van der Waals surface area contributed by atoms with E-state index in [1.807, 2.05) is 82.3 Å². The number of para-hydroxylation sites is 2. The van der Waals surface area contributed by atoms with Crippen molar-refractivity contribution in [2.45, 2.75) is 39.7 Å². The average Bonchev–Trinajstić information content (AvgIpc) is 3.52. The summed E-state index contributed by atoms with van der Waals surface area (Å²) in [6, 6.07) is 18.7. The summed E-state index contributed by atoms with van der Waals surface area (Å²) in [7, 11) is 0. The maximum atomic E-state index is 13.1. The van der Waals surface area contributed by atoms with E-state index >= 15 is 0 Å². The summed E-state index contributed by atoms with van der Waals surface area (Å²) in [5, 5.41) is 4.05. The standard InChI is InChI=1S/C31H34N4O5/c1-19-26-23(27(33-19)22-12-8-9-13-25(22)39-21-10-6-5-7-11-21)16-24(34-29(26)37)28(36)32-17-20-14-15-35(18-20)30(38)40-31(2,3)4/h5-13,16,20,33H,14-15,17-18H2,1-4H3,(H,32,36)(H,34,37)/t20-/m1/s1. The first-order valence-electron chi connectivity index (χ1n) is 13.4. The van der Waals surface area contributed by atoms with Gasteiger partial charge in [-0.2, -0.15) is 0 Å². The van der Waals surface area contributed by atoms with Gasteiger partial charge in [0.1, 0.15) is 22.8 Å². The van der Waals surface area contributed by atoms with E-state index in [0.29, 0.717) is 53.3 Å².